The summed E-state index contributed by atoms with van der Waals surface area (Å²) in [5.74, 6) is 2.45. The van der Waals surface area contributed by atoms with Crippen molar-refractivity contribution in [3.05, 3.63) is 11.9 Å². The van der Waals surface area contributed by atoms with Gasteiger partial charge >= 0.3 is 0 Å². The number of aromatic nitrogens is 2. The van der Waals surface area contributed by atoms with Gasteiger partial charge in [0.1, 0.15) is 0 Å². The fourth-order valence-electron chi connectivity index (χ4n) is 3.46. The van der Waals surface area contributed by atoms with Crippen LogP contribution in [0.1, 0.15) is 63.1 Å². The van der Waals surface area contributed by atoms with Crippen molar-refractivity contribution in [1.82, 2.24) is 9.55 Å². The Kier molecular flexibility index (Phi) is 4.92. The number of nitrogens with zero attached hydrogens (tertiary/aromatic N) is 2. The van der Waals surface area contributed by atoms with Crippen LogP contribution in [-0.4, -0.2) is 27.1 Å². The molecule has 1 N–H and O–H groups in total. The topological polar surface area (TPSA) is 29.9 Å². The number of anilines is 1. The highest BCUT2D eigenvalue weighted by Crippen LogP contribution is 2.31. The first-order valence-corrected chi connectivity index (χ1v) is 9.29. The van der Waals surface area contributed by atoms with Crippen molar-refractivity contribution in [2.45, 2.75) is 69.6 Å². The van der Waals surface area contributed by atoms with Gasteiger partial charge in [-0.25, -0.2) is 4.98 Å². The summed E-state index contributed by atoms with van der Waals surface area (Å²) in [4.78, 5) is 4.71. The monoisotopic (exact) mass is 293 g/mol. The molecule has 0 spiro atoms. The molecule has 2 aliphatic rings. The van der Waals surface area contributed by atoms with E-state index in [0.717, 1.165) is 23.4 Å². The van der Waals surface area contributed by atoms with Crippen molar-refractivity contribution >= 4 is 17.7 Å². The van der Waals surface area contributed by atoms with E-state index >= 15 is 0 Å². The van der Waals surface area contributed by atoms with Crippen molar-refractivity contribution in [2.24, 2.45) is 0 Å². The van der Waals surface area contributed by atoms with E-state index in [1.807, 2.05) is 0 Å². The summed E-state index contributed by atoms with van der Waals surface area (Å²) in [5.41, 5.74) is 1.15. The Morgan fingerprint density at radius 3 is 2.75 bits per heavy atom. The van der Waals surface area contributed by atoms with Gasteiger partial charge in [-0.2, -0.15) is 11.8 Å². The number of hydrogen-bond acceptors (Lipinski definition) is 3. The Hall–Kier alpha value is -0.640. The molecule has 1 aliphatic heterocycles. The standard InChI is InChI=1S/C16H27N3S/c1-13-12-19(14-7-3-2-4-8-14)16(18-13)17-11-15-9-5-6-10-20-15/h12,14-15H,2-11H2,1H3,(H,17,18). The molecule has 112 valence electrons. The summed E-state index contributed by atoms with van der Waals surface area (Å²) >= 11 is 2.13. The fourth-order valence-corrected chi connectivity index (χ4v) is 4.70. The summed E-state index contributed by atoms with van der Waals surface area (Å²) in [6.45, 7) is 3.19. The van der Waals surface area contributed by atoms with Crippen LogP contribution in [0.25, 0.3) is 0 Å². The molecule has 3 nitrogen and oxygen atoms in total. The Labute approximate surface area is 126 Å². The minimum absolute atomic E-state index is 0.673. The third-order valence-corrected chi connectivity index (χ3v) is 5.98. The lowest BCUT2D eigenvalue weighted by Crippen LogP contribution is -2.23. The zero-order valence-corrected chi connectivity index (χ0v) is 13.4. The molecule has 2 heterocycles. The highest BCUT2D eigenvalue weighted by Gasteiger charge is 2.20. The second kappa shape index (κ2) is 6.88. The maximum absolute atomic E-state index is 4.71. The smallest absolute Gasteiger partial charge is 0.203 e. The predicted octanol–water partition coefficient (Wildman–Crippen LogP) is 4.39. The van der Waals surface area contributed by atoms with Gasteiger partial charge in [-0.15, -0.1) is 0 Å². The van der Waals surface area contributed by atoms with Crippen LogP contribution in [0.3, 0.4) is 0 Å². The molecule has 1 saturated heterocycles. The average molecular weight is 293 g/mol. The van der Waals surface area contributed by atoms with E-state index in [4.69, 9.17) is 4.98 Å². The van der Waals surface area contributed by atoms with Crippen LogP contribution in [0.4, 0.5) is 5.95 Å². The molecule has 0 bridgehead atoms. The quantitative estimate of drug-likeness (QED) is 0.892. The molecule has 20 heavy (non-hydrogen) atoms. The van der Waals surface area contributed by atoms with Gasteiger partial charge in [-0.05, 0) is 38.4 Å². The Bertz CT molecular complexity index is 417. The van der Waals surface area contributed by atoms with Crippen LogP contribution in [0, 0.1) is 6.92 Å². The molecule has 3 rings (SSSR count). The van der Waals surface area contributed by atoms with E-state index in [1.165, 1.54) is 57.1 Å². The van der Waals surface area contributed by atoms with Gasteiger partial charge in [0.2, 0.25) is 5.95 Å². The maximum atomic E-state index is 4.71. The summed E-state index contributed by atoms with van der Waals surface area (Å²) < 4.78 is 2.42. The number of rotatable bonds is 4. The number of nitrogens with one attached hydrogen (secondary N) is 1. The van der Waals surface area contributed by atoms with Crippen LogP contribution in [-0.2, 0) is 0 Å². The molecule has 4 heteroatoms. The average Bonchev–Trinajstić information content (AvgIpc) is 2.88. The van der Waals surface area contributed by atoms with Crippen molar-refractivity contribution in [3.8, 4) is 0 Å². The minimum atomic E-state index is 0.673. The molecule has 0 radical (unpaired) electrons. The van der Waals surface area contributed by atoms with Crippen LogP contribution in [0.15, 0.2) is 6.20 Å². The van der Waals surface area contributed by atoms with Crippen LogP contribution < -0.4 is 5.32 Å². The number of hydrogen-bond donors (Lipinski definition) is 1. The zero-order valence-electron chi connectivity index (χ0n) is 12.6. The normalized spacial score (nSPS) is 24.8. The van der Waals surface area contributed by atoms with E-state index < -0.39 is 0 Å². The summed E-state index contributed by atoms with van der Waals surface area (Å²) in [6, 6.07) is 0.673. The lowest BCUT2D eigenvalue weighted by Gasteiger charge is -2.26. The molecular weight excluding hydrogens is 266 g/mol. The first-order valence-electron chi connectivity index (χ1n) is 8.24. The molecule has 1 aromatic rings. The van der Waals surface area contributed by atoms with Gasteiger partial charge in [0.15, 0.2) is 0 Å². The Morgan fingerprint density at radius 1 is 1.20 bits per heavy atom. The van der Waals surface area contributed by atoms with Crippen LogP contribution in [0.2, 0.25) is 0 Å². The predicted molar refractivity (Wildman–Crippen MR) is 87.7 cm³/mol. The van der Waals surface area contributed by atoms with Crippen molar-refractivity contribution in [2.75, 3.05) is 17.6 Å². The van der Waals surface area contributed by atoms with Crippen LogP contribution in [0.5, 0.6) is 0 Å². The molecule has 1 saturated carbocycles. The van der Waals surface area contributed by atoms with E-state index in [9.17, 15) is 0 Å². The minimum Gasteiger partial charge on any atom is -0.355 e. The van der Waals surface area contributed by atoms with Gasteiger partial charge in [0.25, 0.3) is 0 Å². The van der Waals surface area contributed by atoms with Gasteiger partial charge in [0.05, 0.1) is 5.69 Å². The Morgan fingerprint density at radius 2 is 2.00 bits per heavy atom. The van der Waals surface area contributed by atoms with Crippen LogP contribution >= 0.6 is 11.8 Å². The number of thioether (sulfide) groups is 1. The van der Waals surface area contributed by atoms with E-state index in [1.54, 1.807) is 0 Å². The van der Waals surface area contributed by atoms with E-state index in [2.05, 4.69) is 34.8 Å². The lowest BCUT2D eigenvalue weighted by molar-refractivity contribution is 0.355. The summed E-state index contributed by atoms with van der Waals surface area (Å²) in [7, 11) is 0. The fraction of sp³-hybridized carbons (Fsp3) is 0.812. The number of imidazole rings is 1. The van der Waals surface area contributed by atoms with E-state index in [0.29, 0.717) is 6.04 Å². The highest BCUT2D eigenvalue weighted by atomic mass is 32.2. The third-order valence-electron chi connectivity index (χ3n) is 4.58. The summed E-state index contributed by atoms with van der Waals surface area (Å²) in [6.07, 6.45) is 13.2. The second-order valence-electron chi connectivity index (χ2n) is 6.27. The largest absolute Gasteiger partial charge is 0.355 e. The third kappa shape index (κ3) is 3.51. The number of aryl methyl sites for hydroxylation is 1. The lowest BCUT2D eigenvalue weighted by atomic mass is 9.95. The van der Waals surface area contributed by atoms with Crippen molar-refractivity contribution in [3.63, 3.8) is 0 Å². The maximum Gasteiger partial charge on any atom is 0.203 e. The van der Waals surface area contributed by atoms with Crippen molar-refractivity contribution in [1.29, 1.82) is 0 Å². The van der Waals surface area contributed by atoms with Gasteiger partial charge in [-0.1, -0.05) is 25.7 Å². The molecule has 0 aromatic carbocycles. The van der Waals surface area contributed by atoms with E-state index in [-0.39, 0.29) is 0 Å². The molecular formula is C16H27N3S. The SMILES string of the molecule is Cc1cn(C2CCCCC2)c(NCC2CCCCS2)n1. The molecule has 1 aliphatic carbocycles. The van der Waals surface area contributed by atoms with Gasteiger partial charge in [0, 0.05) is 24.0 Å². The zero-order chi connectivity index (χ0) is 13.8. The first kappa shape index (κ1) is 14.3. The van der Waals surface area contributed by atoms with Crippen molar-refractivity contribution < 1.29 is 0 Å². The second-order valence-corrected chi connectivity index (χ2v) is 7.68. The first-order chi connectivity index (χ1) is 9.83. The molecule has 1 aromatic heterocycles. The molecule has 2 fully saturated rings. The highest BCUT2D eigenvalue weighted by molar-refractivity contribution is 7.99. The summed E-state index contributed by atoms with van der Waals surface area (Å²) in [5, 5.41) is 4.41. The molecule has 0 amide bonds. The molecule has 1 atom stereocenters. The van der Waals surface area contributed by atoms with Gasteiger partial charge in [-0.3, -0.25) is 0 Å². The Balaban J connectivity index is 1.62. The molecule has 1 unspecified atom stereocenters. The van der Waals surface area contributed by atoms with Gasteiger partial charge < -0.3 is 9.88 Å².